The highest BCUT2D eigenvalue weighted by Gasteiger charge is 2.27. The first-order valence-corrected chi connectivity index (χ1v) is 5.84. The molecule has 0 aromatic heterocycles. The molecule has 0 spiro atoms. The van der Waals surface area contributed by atoms with Gasteiger partial charge in [0.15, 0.2) is 0 Å². The van der Waals surface area contributed by atoms with Crippen LogP contribution in [0.2, 0.25) is 0 Å². The molecule has 1 aromatic rings. The molecular weight excluding hydrogens is 192 g/mol. The molecule has 1 heterocycles. The number of hydrogen-bond donors (Lipinski definition) is 0. The molecule has 0 saturated heterocycles. The summed E-state index contributed by atoms with van der Waals surface area (Å²) in [5.41, 5.74) is 2.34. The molecular formula is C12H14OS. The molecule has 0 atom stereocenters. The number of thioether (sulfide) groups is 1. The van der Waals surface area contributed by atoms with Crippen molar-refractivity contribution >= 4 is 18.0 Å². The zero-order valence-electron chi connectivity index (χ0n) is 8.54. The van der Waals surface area contributed by atoms with Crippen LogP contribution in [0.25, 0.3) is 0 Å². The monoisotopic (exact) mass is 206 g/mol. The Morgan fingerprint density at radius 2 is 2.21 bits per heavy atom. The second kappa shape index (κ2) is 3.43. The van der Waals surface area contributed by atoms with Gasteiger partial charge in [0.1, 0.15) is 6.29 Å². The molecule has 0 aliphatic carbocycles. The molecule has 0 bridgehead atoms. The third kappa shape index (κ3) is 1.59. The maximum Gasteiger partial charge on any atom is 0.150 e. The Balaban J connectivity index is 2.54. The molecule has 0 amide bonds. The van der Waals surface area contributed by atoms with Crippen molar-refractivity contribution in [1.29, 1.82) is 0 Å². The van der Waals surface area contributed by atoms with Crippen molar-refractivity contribution in [3.8, 4) is 0 Å². The zero-order valence-corrected chi connectivity index (χ0v) is 9.36. The fourth-order valence-corrected chi connectivity index (χ4v) is 3.31. The maximum atomic E-state index is 10.7. The van der Waals surface area contributed by atoms with E-state index < -0.39 is 0 Å². The summed E-state index contributed by atoms with van der Waals surface area (Å²) in [5.74, 6) is 1.18. The summed E-state index contributed by atoms with van der Waals surface area (Å²) in [6.45, 7) is 4.50. The smallest absolute Gasteiger partial charge is 0.150 e. The third-order valence-corrected chi connectivity index (χ3v) is 3.93. The molecule has 0 N–H and O–H groups in total. The minimum Gasteiger partial charge on any atom is -0.298 e. The molecule has 2 heteroatoms. The van der Waals surface area contributed by atoms with Crippen molar-refractivity contribution in [2.75, 3.05) is 5.75 Å². The first-order chi connectivity index (χ1) is 6.63. The van der Waals surface area contributed by atoms with E-state index in [1.807, 2.05) is 23.9 Å². The predicted molar refractivity (Wildman–Crippen MR) is 60.2 cm³/mol. The van der Waals surface area contributed by atoms with Gasteiger partial charge in [-0.2, -0.15) is 0 Å². The zero-order chi connectivity index (χ0) is 10.2. The van der Waals surface area contributed by atoms with Gasteiger partial charge in [0.25, 0.3) is 0 Å². The Morgan fingerprint density at radius 3 is 2.93 bits per heavy atom. The highest BCUT2D eigenvalue weighted by molar-refractivity contribution is 7.99. The van der Waals surface area contributed by atoms with Crippen LogP contribution >= 0.6 is 11.8 Å². The van der Waals surface area contributed by atoms with Crippen molar-refractivity contribution in [1.82, 2.24) is 0 Å². The minimum absolute atomic E-state index is 0.222. The van der Waals surface area contributed by atoms with E-state index in [4.69, 9.17) is 0 Å². The lowest BCUT2D eigenvalue weighted by atomic mass is 9.81. The first-order valence-electron chi connectivity index (χ1n) is 4.86. The fraction of sp³-hybridized carbons (Fsp3) is 0.417. The molecule has 0 unspecified atom stereocenters. The molecule has 14 heavy (non-hydrogen) atoms. The van der Waals surface area contributed by atoms with Crippen LogP contribution in [0.1, 0.15) is 36.2 Å². The fourth-order valence-electron chi connectivity index (χ4n) is 1.83. The van der Waals surface area contributed by atoms with Gasteiger partial charge in [-0.15, -0.1) is 11.8 Å². The van der Waals surface area contributed by atoms with E-state index in [1.54, 1.807) is 0 Å². The number of rotatable bonds is 1. The van der Waals surface area contributed by atoms with E-state index in [-0.39, 0.29) is 5.41 Å². The quantitative estimate of drug-likeness (QED) is 0.656. The number of fused-ring (bicyclic) bond motifs is 1. The van der Waals surface area contributed by atoms with Gasteiger partial charge in [0.2, 0.25) is 0 Å². The van der Waals surface area contributed by atoms with Gasteiger partial charge in [0, 0.05) is 10.5 Å². The second-order valence-electron chi connectivity index (χ2n) is 4.36. The van der Waals surface area contributed by atoms with E-state index in [1.165, 1.54) is 22.6 Å². The number of carbonyl (C=O) groups is 1. The van der Waals surface area contributed by atoms with Gasteiger partial charge in [-0.25, -0.2) is 0 Å². The lowest BCUT2D eigenvalue weighted by Crippen LogP contribution is -2.22. The van der Waals surface area contributed by atoms with Crippen LogP contribution in [0.4, 0.5) is 0 Å². The molecule has 1 aliphatic heterocycles. The Hall–Kier alpha value is -0.760. The lowest BCUT2D eigenvalue weighted by molar-refractivity contribution is 0.112. The summed E-state index contributed by atoms with van der Waals surface area (Å²) < 4.78 is 0. The van der Waals surface area contributed by atoms with Crippen molar-refractivity contribution in [3.63, 3.8) is 0 Å². The topological polar surface area (TPSA) is 17.1 Å². The summed E-state index contributed by atoms with van der Waals surface area (Å²) in [4.78, 5) is 12.0. The highest BCUT2D eigenvalue weighted by Crippen LogP contribution is 2.41. The summed E-state index contributed by atoms with van der Waals surface area (Å²) in [6.07, 6.45) is 2.11. The van der Waals surface area contributed by atoms with Gasteiger partial charge in [0.05, 0.1) is 0 Å². The number of hydrogen-bond acceptors (Lipinski definition) is 2. The molecule has 1 aliphatic rings. The van der Waals surface area contributed by atoms with Crippen LogP contribution in [0.5, 0.6) is 0 Å². The van der Waals surface area contributed by atoms with Gasteiger partial charge in [-0.1, -0.05) is 19.9 Å². The standard InChI is InChI=1S/C12H14OS/c1-12(2)5-6-14-11-4-3-9(8-13)7-10(11)12/h3-4,7-8H,5-6H2,1-2H3. The SMILES string of the molecule is CC1(C)CCSc2ccc(C=O)cc21. The van der Waals surface area contributed by atoms with E-state index in [0.717, 1.165) is 11.8 Å². The molecule has 74 valence electrons. The number of aldehydes is 1. The van der Waals surface area contributed by atoms with E-state index in [0.29, 0.717) is 0 Å². The average molecular weight is 206 g/mol. The summed E-state index contributed by atoms with van der Waals surface area (Å²) in [7, 11) is 0. The van der Waals surface area contributed by atoms with Crippen molar-refractivity contribution in [3.05, 3.63) is 29.3 Å². The summed E-state index contributed by atoms with van der Waals surface area (Å²) in [5, 5.41) is 0. The van der Waals surface area contributed by atoms with E-state index in [2.05, 4.69) is 19.9 Å². The third-order valence-electron chi connectivity index (χ3n) is 2.85. The van der Waals surface area contributed by atoms with Gasteiger partial charge in [-0.05, 0) is 35.3 Å². The van der Waals surface area contributed by atoms with Crippen LogP contribution < -0.4 is 0 Å². The van der Waals surface area contributed by atoms with Crippen molar-refractivity contribution in [2.45, 2.75) is 30.6 Å². The van der Waals surface area contributed by atoms with Crippen LogP contribution in [-0.2, 0) is 5.41 Å². The summed E-state index contributed by atoms with van der Waals surface area (Å²) in [6, 6.07) is 6.01. The molecule has 2 rings (SSSR count). The number of carbonyl (C=O) groups excluding carboxylic acids is 1. The van der Waals surface area contributed by atoms with E-state index in [9.17, 15) is 4.79 Å². The van der Waals surface area contributed by atoms with Gasteiger partial charge in [-0.3, -0.25) is 4.79 Å². The summed E-state index contributed by atoms with van der Waals surface area (Å²) >= 11 is 1.89. The Labute approximate surface area is 88.9 Å². The Morgan fingerprint density at radius 1 is 1.43 bits per heavy atom. The van der Waals surface area contributed by atoms with Crippen LogP contribution in [0, 0.1) is 0 Å². The second-order valence-corrected chi connectivity index (χ2v) is 5.49. The van der Waals surface area contributed by atoms with E-state index >= 15 is 0 Å². The molecule has 0 saturated carbocycles. The minimum atomic E-state index is 0.222. The van der Waals surface area contributed by atoms with Crippen LogP contribution in [-0.4, -0.2) is 12.0 Å². The average Bonchev–Trinajstić information content (AvgIpc) is 2.17. The Kier molecular flexibility index (Phi) is 2.40. The Bertz CT molecular complexity index is 369. The normalized spacial score (nSPS) is 18.7. The molecule has 1 nitrogen and oxygen atoms in total. The van der Waals surface area contributed by atoms with Crippen LogP contribution in [0.15, 0.2) is 23.1 Å². The first kappa shape index (κ1) is 9.78. The molecule has 1 aromatic carbocycles. The predicted octanol–water partition coefficient (Wildman–Crippen LogP) is 3.27. The van der Waals surface area contributed by atoms with Gasteiger partial charge < -0.3 is 0 Å². The number of benzene rings is 1. The largest absolute Gasteiger partial charge is 0.298 e. The lowest BCUT2D eigenvalue weighted by Gasteiger charge is -2.32. The van der Waals surface area contributed by atoms with Gasteiger partial charge >= 0.3 is 0 Å². The molecule has 0 fully saturated rings. The van der Waals surface area contributed by atoms with Crippen molar-refractivity contribution in [2.24, 2.45) is 0 Å². The molecule has 0 radical (unpaired) electrons. The van der Waals surface area contributed by atoms with Crippen LogP contribution in [0.3, 0.4) is 0 Å². The highest BCUT2D eigenvalue weighted by atomic mass is 32.2. The van der Waals surface area contributed by atoms with Crippen molar-refractivity contribution < 1.29 is 4.79 Å². The maximum absolute atomic E-state index is 10.7.